The Labute approximate surface area is 163 Å². The highest BCUT2D eigenvalue weighted by atomic mass is 15.3. The summed E-state index contributed by atoms with van der Waals surface area (Å²) in [6.07, 6.45) is 1.15. The average molecular weight is 366 g/mol. The van der Waals surface area contributed by atoms with Crippen molar-refractivity contribution in [3.63, 3.8) is 0 Å². The third kappa shape index (κ3) is 4.79. The molecule has 3 rings (SSSR count). The standard InChI is InChI=1S/C22H31N5/c1-17-16-27(14-13-20(17)18-9-6-5-7-10-18)22(23-2)24-15-19-11-8-12-21(25-19)26(3)4/h5-12,17,20H,13-16H2,1-4H3,(H,23,24). The molecule has 2 unspecified atom stereocenters. The maximum Gasteiger partial charge on any atom is 0.193 e. The Hall–Kier alpha value is -2.56. The number of aliphatic imine (C=N–C) groups is 1. The maximum absolute atomic E-state index is 4.68. The number of nitrogens with one attached hydrogen (secondary N) is 1. The Morgan fingerprint density at radius 3 is 2.63 bits per heavy atom. The summed E-state index contributed by atoms with van der Waals surface area (Å²) in [6, 6.07) is 17.0. The number of benzene rings is 1. The minimum atomic E-state index is 0.592. The molecule has 0 spiro atoms. The predicted molar refractivity (Wildman–Crippen MR) is 113 cm³/mol. The van der Waals surface area contributed by atoms with Crippen LogP contribution in [0, 0.1) is 5.92 Å². The van der Waals surface area contributed by atoms with Crippen molar-refractivity contribution in [2.75, 3.05) is 39.1 Å². The van der Waals surface area contributed by atoms with Crippen LogP contribution in [0.4, 0.5) is 5.82 Å². The highest BCUT2D eigenvalue weighted by Crippen LogP contribution is 2.32. The van der Waals surface area contributed by atoms with Crippen molar-refractivity contribution in [1.82, 2.24) is 15.2 Å². The summed E-state index contributed by atoms with van der Waals surface area (Å²) in [5, 5.41) is 3.49. The first-order valence-electron chi connectivity index (χ1n) is 9.72. The molecule has 2 aromatic rings. The van der Waals surface area contributed by atoms with Crippen LogP contribution in [-0.2, 0) is 6.54 Å². The number of piperidine rings is 1. The molecule has 27 heavy (non-hydrogen) atoms. The smallest absolute Gasteiger partial charge is 0.193 e. The highest BCUT2D eigenvalue weighted by Gasteiger charge is 2.28. The van der Waals surface area contributed by atoms with Crippen LogP contribution in [0.25, 0.3) is 0 Å². The van der Waals surface area contributed by atoms with E-state index in [1.165, 1.54) is 5.56 Å². The summed E-state index contributed by atoms with van der Waals surface area (Å²) >= 11 is 0. The quantitative estimate of drug-likeness (QED) is 0.667. The number of pyridine rings is 1. The van der Waals surface area contributed by atoms with Crippen molar-refractivity contribution in [2.45, 2.75) is 25.8 Å². The van der Waals surface area contributed by atoms with Gasteiger partial charge in [-0.2, -0.15) is 0 Å². The van der Waals surface area contributed by atoms with E-state index < -0.39 is 0 Å². The van der Waals surface area contributed by atoms with E-state index >= 15 is 0 Å². The number of rotatable bonds is 4. The molecule has 1 aliphatic heterocycles. The van der Waals surface area contributed by atoms with Gasteiger partial charge in [0.05, 0.1) is 12.2 Å². The fourth-order valence-corrected chi connectivity index (χ4v) is 3.85. The molecule has 1 aromatic carbocycles. The first-order valence-corrected chi connectivity index (χ1v) is 9.72. The molecule has 0 saturated carbocycles. The molecule has 144 valence electrons. The number of guanidine groups is 1. The molecule has 5 nitrogen and oxygen atoms in total. The van der Waals surface area contributed by atoms with Crippen LogP contribution in [0.15, 0.2) is 53.5 Å². The molecule has 2 heterocycles. The molecule has 1 aromatic heterocycles. The van der Waals surface area contributed by atoms with Gasteiger partial charge in [-0.1, -0.05) is 43.3 Å². The van der Waals surface area contributed by atoms with E-state index in [2.05, 4.69) is 69.6 Å². The Morgan fingerprint density at radius 1 is 1.19 bits per heavy atom. The van der Waals surface area contributed by atoms with Gasteiger partial charge in [-0.05, 0) is 36.0 Å². The van der Waals surface area contributed by atoms with Crippen molar-refractivity contribution in [1.29, 1.82) is 0 Å². The zero-order valence-corrected chi connectivity index (χ0v) is 16.9. The van der Waals surface area contributed by atoms with Crippen LogP contribution in [0.2, 0.25) is 0 Å². The van der Waals surface area contributed by atoms with Gasteiger partial charge >= 0.3 is 0 Å². The first-order chi connectivity index (χ1) is 13.1. The van der Waals surface area contributed by atoms with Crippen LogP contribution < -0.4 is 10.2 Å². The average Bonchev–Trinajstić information content (AvgIpc) is 2.69. The topological polar surface area (TPSA) is 43.8 Å². The van der Waals surface area contributed by atoms with Crippen molar-refractivity contribution in [2.24, 2.45) is 10.9 Å². The van der Waals surface area contributed by atoms with E-state index in [0.29, 0.717) is 18.4 Å². The van der Waals surface area contributed by atoms with E-state index in [1.54, 1.807) is 0 Å². The predicted octanol–water partition coefficient (Wildman–Crippen LogP) is 3.35. The summed E-state index contributed by atoms with van der Waals surface area (Å²) < 4.78 is 0. The normalized spacial score (nSPS) is 20.4. The van der Waals surface area contributed by atoms with E-state index in [9.17, 15) is 0 Å². The SMILES string of the molecule is CN=C(NCc1cccc(N(C)C)n1)N1CCC(c2ccccc2)C(C)C1. The summed E-state index contributed by atoms with van der Waals surface area (Å²) in [6.45, 7) is 5.07. The lowest BCUT2D eigenvalue weighted by atomic mass is 9.82. The van der Waals surface area contributed by atoms with Crippen LogP contribution in [0.1, 0.15) is 30.5 Å². The molecule has 1 N–H and O–H groups in total. The lowest BCUT2D eigenvalue weighted by molar-refractivity contribution is 0.234. The second kappa shape index (κ2) is 8.89. The zero-order chi connectivity index (χ0) is 19.2. The summed E-state index contributed by atoms with van der Waals surface area (Å²) in [5.74, 6) is 3.15. The lowest BCUT2D eigenvalue weighted by Crippen LogP contribution is -2.47. The van der Waals surface area contributed by atoms with Crippen molar-refractivity contribution in [3.05, 3.63) is 59.8 Å². The fourth-order valence-electron chi connectivity index (χ4n) is 3.85. The van der Waals surface area contributed by atoms with Crippen LogP contribution in [0.3, 0.4) is 0 Å². The van der Waals surface area contributed by atoms with E-state index in [-0.39, 0.29) is 0 Å². The van der Waals surface area contributed by atoms with Gasteiger partial charge in [0, 0.05) is 34.2 Å². The van der Waals surface area contributed by atoms with Crippen LogP contribution in [-0.4, -0.2) is 50.1 Å². The molecular weight excluding hydrogens is 334 g/mol. The molecular formula is C22H31N5. The number of hydrogen-bond acceptors (Lipinski definition) is 3. The minimum Gasteiger partial charge on any atom is -0.363 e. The van der Waals surface area contributed by atoms with Gasteiger partial charge in [0.25, 0.3) is 0 Å². The lowest BCUT2D eigenvalue weighted by Gasteiger charge is -2.38. The van der Waals surface area contributed by atoms with Crippen molar-refractivity contribution in [3.8, 4) is 0 Å². The first kappa shape index (κ1) is 19.2. The summed E-state index contributed by atoms with van der Waals surface area (Å²) in [5.41, 5.74) is 2.48. The number of hydrogen-bond donors (Lipinski definition) is 1. The summed E-state index contributed by atoms with van der Waals surface area (Å²) in [7, 11) is 5.88. The third-order valence-corrected chi connectivity index (χ3v) is 5.32. The van der Waals surface area contributed by atoms with Gasteiger partial charge in [0.1, 0.15) is 5.82 Å². The molecule has 5 heteroatoms. The molecule has 1 aliphatic rings. The van der Waals surface area contributed by atoms with Crippen LogP contribution >= 0.6 is 0 Å². The van der Waals surface area contributed by atoms with Crippen molar-refractivity contribution < 1.29 is 0 Å². The van der Waals surface area contributed by atoms with Gasteiger partial charge in [0.15, 0.2) is 5.96 Å². The molecule has 0 amide bonds. The van der Waals surface area contributed by atoms with E-state index in [4.69, 9.17) is 0 Å². The van der Waals surface area contributed by atoms with Gasteiger partial charge in [-0.15, -0.1) is 0 Å². The Balaban J connectivity index is 1.60. The Kier molecular flexibility index (Phi) is 6.32. The number of nitrogens with zero attached hydrogens (tertiary/aromatic N) is 4. The van der Waals surface area contributed by atoms with Gasteiger partial charge < -0.3 is 15.1 Å². The number of likely N-dealkylation sites (tertiary alicyclic amines) is 1. The number of aromatic nitrogens is 1. The minimum absolute atomic E-state index is 0.592. The molecule has 1 saturated heterocycles. The largest absolute Gasteiger partial charge is 0.363 e. The maximum atomic E-state index is 4.68. The van der Waals surface area contributed by atoms with Gasteiger partial charge in [-0.25, -0.2) is 4.98 Å². The third-order valence-electron chi connectivity index (χ3n) is 5.32. The Morgan fingerprint density at radius 2 is 1.96 bits per heavy atom. The number of anilines is 1. The second-order valence-electron chi connectivity index (χ2n) is 7.51. The van der Waals surface area contributed by atoms with Crippen molar-refractivity contribution >= 4 is 11.8 Å². The molecule has 0 bridgehead atoms. The van der Waals surface area contributed by atoms with E-state index in [0.717, 1.165) is 37.0 Å². The zero-order valence-electron chi connectivity index (χ0n) is 16.9. The Bertz CT molecular complexity index is 756. The summed E-state index contributed by atoms with van der Waals surface area (Å²) in [4.78, 5) is 13.6. The highest BCUT2D eigenvalue weighted by molar-refractivity contribution is 5.80. The molecule has 2 atom stereocenters. The molecule has 0 radical (unpaired) electrons. The molecule has 0 aliphatic carbocycles. The second-order valence-corrected chi connectivity index (χ2v) is 7.51. The van der Waals surface area contributed by atoms with Crippen LogP contribution in [0.5, 0.6) is 0 Å². The molecule has 1 fully saturated rings. The van der Waals surface area contributed by atoms with E-state index in [1.807, 2.05) is 32.1 Å². The van der Waals surface area contributed by atoms with Gasteiger partial charge in [-0.3, -0.25) is 4.99 Å². The van der Waals surface area contributed by atoms with Gasteiger partial charge in [0.2, 0.25) is 0 Å². The monoisotopic (exact) mass is 365 g/mol. The fraction of sp³-hybridized carbons (Fsp3) is 0.455.